The summed E-state index contributed by atoms with van der Waals surface area (Å²) in [5.74, 6) is -0.993. The lowest BCUT2D eigenvalue weighted by atomic mass is 9.93. The van der Waals surface area contributed by atoms with Gasteiger partial charge in [0.25, 0.3) is 0 Å². The first-order chi connectivity index (χ1) is 8.18. The quantitative estimate of drug-likeness (QED) is 0.773. The summed E-state index contributed by atoms with van der Waals surface area (Å²) in [6.45, 7) is 0. The molecule has 1 aromatic heterocycles. The summed E-state index contributed by atoms with van der Waals surface area (Å²) in [4.78, 5) is 14.6. The zero-order valence-corrected chi connectivity index (χ0v) is 9.72. The van der Waals surface area contributed by atoms with Gasteiger partial charge in [-0.15, -0.1) is 0 Å². The number of carboxylic acids is 1. The fourth-order valence-corrected chi connectivity index (χ4v) is 2.47. The van der Waals surface area contributed by atoms with Crippen LogP contribution in [0, 0.1) is 0 Å². The minimum Gasteiger partial charge on any atom is -0.505 e. The SMILES string of the molecule is O=C(O)c1ncc(C2CCCCCC2)cc1O. The second kappa shape index (κ2) is 5.17. The Morgan fingerprint density at radius 3 is 2.41 bits per heavy atom. The van der Waals surface area contributed by atoms with E-state index in [0.29, 0.717) is 5.92 Å². The Labute approximate surface area is 100 Å². The van der Waals surface area contributed by atoms with Gasteiger partial charge < -0.3 is 10.2 Å². The van der Waals surface area contributed by atoms with Gasteiger partial charge in [-0.3, -0.25) is 0 Å². The van der Waals surface area contributed by atoms with Crippen LogP contribution in [0.5, 0.6) is 5.75 Å². The first-order valence-electron chi connectivity index (χ1n) is 6.10. The second-order valence-electron chi connectivity index (χ2n) is 4.63. The topological polar surface area (TPSA) is 70.4 Å². The molecule has 0 atom stereocenters. The van der Waals surface area contributed by atoms with E-state index in [0.717, 1.165) is 18.4 Å². The predicted octanol–water partition coefficient (Wildman–Crippen LogP) is 2.92. The number of carbonyl (C=O) groups is 1. The number of pyridine rings is 1. The summed E-state index contributed by atoms with van der Waals surface area (Å²) in [7, 11) is 0. The van der Waals surface area contributed by atoms with Crippen LogP contribution >= 0.6 is 0 Å². The molecule has 1 aromatic rings. The summed E-state index contributed by atoms with van der Waals surface area (Å²) < 4.78 is 0. The third-order valence-electron chi connectivity index (χ3n) is 3.42. The Hall–Kier alpha value is -1.58. The van der Waals surface area contributed by atoms with Crippen LogP contribution in [-0.2, 0) is 0 Å². The molecule has 1 aliphatic carbocycles. The van der Waals surface area contributed by atoms with Gasteiger partial charge in [0.1, 0.15) is 5.75 Å². The first-order valence-corrected chi connectivity index (χ1v) is 6.10. The van der Waals surface area contributed by atoms with Crippen molar-refractivity contribution in [3.63, 3.8) is 0 Å². The molecular formula is C13H17NO3. The Balaban J connectivity index is 2.21. The molecular weight excluding hydrogens is 218 g/mol. The van der Waals surface area contributed by atoms with E-state index in [-0.39, 0.29) is 11.4 Å². The third-order valence-corrected chi connectivity index (χ3v) is 3.42. The lowest BCUT2D eigenvalue weighted by molar-refractivity contribution is 0.0687. The molecule has 0 radical (unpaired) electrons. The van der Waals surface area contributed by atoms with E-state index in [9.17, 15) is 9.90 Å². The molecule has 0 saturated heterocycles. The van der Waals surface area contributed by atoms with E-state index in [1.807, 2.05) is 0 Å². The van der Waals surface area contributed by atoms with Crippen LogP contribution in [0.3, 0.4) is 0 Å². The van der Waals surface area contributed by atoms with Gasteiger partial charge in [-0.1, -0.05) is 25.7 Å². The number of carboxylic acid groups (broad SMARTS) is 1. The van der Waals surface area contributed by atoms with Crippen LogP contribution in [0.25, 0.3) is 0 Å². The van der Waals surface area contributed by atoms with E-state index in [4.69, 9.17) is 5.11 Å². The average Bonchev–Trinajstić information content (AvgIpc) is 2.56. The predicted molar refractivity (Wildman–Crippen MR) is 63.3 cm³/mol. The summed E-state index contributed by atoms with van der Waals surface area (Å²) in [6.07, 6.45) is 8.74. The van der Waals surface area contributed by atoms with Crippen LogP contribution in [0.1, 0.15) is 60.5 Å². The van der Waals surface area contributed by atoms with Gasteiger partial charge in [-0.25, -0.2) is 9.78 Å². The minimum absolute atomic E-state index is 0.223. The molecule has 1 fully saturated rings. The highest BCUT2D eigenvalue weighted by Gasteiger charge is 2.18. The van der Waals surface area contributed by atoms with Gasteiger partial charge in [-0.2, -0.15) is 0 Å². The molecule has 4 heteroatoms. The van der Waals surface area contributed by atoms with Gasteiger partial charge in [-0.05, 0) is 30.4 Å². The normalized spacial score (nSPS) is 17.6. The van der Waals surface area contributed by atoms with Crippen molar-refractivity contribution in [3.05, 3.63) is 23.5 Å². The van der Waals surface area contributed by atoms with Crippen molar-refractivity contribution >= 4 is 5.97 Å². The Morgan fingerprint density at radius 1 is 1.24 bits per heavy atom. The van der Waals surface area contributed by atoms with Crippen molar-refractivity contribution < 1.29 is 15.0 Å². The first kappa shape index (κ1) is 11.9. The average molecular weight is 235 g/mol. The Kier molecular flexibility index (Phi) is 3.61. The summed E-state index contributed by atoms with van der Waals surface area (Å²) in [5.41, 5.74) is 0.705. The maximum absolute atomic E-state index is 10.7. The Bertz CT molecular complexity index is 409. The number of aromatic nitrogens is 1. The van der Waals surface area contributed by atoms with E-state index in [1.165, 1.54) is 25.7 Å². The van der Waals surface area contributed by atoms with Gasteiger partial charge in [0, 0.05) is 6.20 Å². The molecule has 1 aliphatic rings. The maximum Gasteiger partial charge on any atom is 0.358 e. The van der Waals surface area contributed by atoms with Gasteiger partial charge in [0.2, 0.25) is 0 Å². The largest absolute Gasteiger partial charge is 0.505 e. The molecule has 2 N–H and O–H groups in total. The van der Waals surface area contributed by atoms with E-state index in [2.05, 4.69) is 4.98 Å². The molecule has 92 valence electrons. The number of aromatic carboxylic acids is 1. The van der Waals surface area contributed by atoms with Gasteiger partial charge in [0.15, 0.2) is 5.69 Å². The zero-order chi connectivity index (χ0) is 12.3. The van der Waals surface area contributed by atoms with Crippen molar-refractivity contribution in [2.45, 2.75) is 44.4 Å². The van der Waals surface area contributed by atoms with Crippen LogP contribution < -0.4 is 0 Å². The van der Waals surface area contributed by atoms with Crippen molar-refractivity contribution in [2.75, 3.05) is 0 Å². The van der Waals surface area contributed by atoms with Crippen LogP contribution in [0.4, 0.5) is 0 Å². The zero-order valence-electron chi connectivity index (χ0n) is 9.72. The standard InChI is InChI=1S/C13H17NO3/c15-11-7-10(8-14-12(11)13(16)17)9-5-3-1-2-4-6-9/h7-9,15H,1-6H2,(H,16,17). The molecule has 0 unspecified atom stereocenters. The second-order valence-corrected chi connectivity index (χ2v) is 4.63. The number of nitrogens with zero attached hydrogens (tertiary/aromatic N) is 1. The molecule has 2 rings (SSSR count). The molecule has 1 saturated carbocycles. The Morgan fingerprint density at radius 2 is 1.88 bits per heavy atom. The molecule has 4 nitrogen and oxygen atoms in total. The number of hydrogen-bond donors (Lipinski definition) is 2. The summed E-state index contributed by atoms with van der Waals surface area (Å²) in [5, 5.41) is 18.4. The van der Waals surface area contributed by atoms with Crippen molar-refractivity contribution in [1.82, 2.24) is 4.98 Å². The summed E-state index contributed by atoms with van der Waals surface area (Å²) >= 11 is 0. The number of hydrogen-bond acceptors (Lipinski definition) is 3. The lowest BCUT2D eigenvalue weighted by Crippen LogP contribution is -2.04. The smallest absolute Gasteiger partial charge is 0.358 e. The van der Waals surface area contributed by atoms with Crippen LogP contribution in [-0.4, -0.2) is 21.2 Å². The van der Waals surface area contributed by atoms with Crippen molar-refractivity contribution in [1.29, 1.82) is 0 Å². The molecule has 0 amide bonds. The number of aromatic hydroxyl groups is 1. The highest BCUT2D eigenvalue weighted by atomic mass is 16.4. The van der Waals surface area contributed by atoms with E-state index < -0.39 is 5.97 Å². The van der Waals surface area contributed by atoms with Gasteiger partial charge in [0.05, 0.1) is 0 Å². The molecule has 0 aromatic carbocycles. The number of rotatable bonds is 2. The molecule has 1 heterocycles. The minimum atomic E-state index is -1.19. The maximum atomic E-state index is 10.7. The fourth-order valence-electron chi connectivity index (χ4n) is 2.47. The van der Waals surface area contributed by atoms with Crippen LogP contribution in [0.15, 0.2) is 12.3 Å². The molecule has 0 aliphatic heterocycles. The highest BCUT2D eigenvalue weighted by Crippen LogP contribution is 2.33. The lowest BCUT2D eigenvalue weighted by Gasteiger charge is -2.14. The molecule has 0 bridgehead atoms. The monoisotopic (exact) mass is 235 g/mol. The van der Waals surface area contributed by atoms with Crippen LogP contribution in [0.2, 0.25) is 0 Å². The summed E-state index contributed by atoms with van der Waals surface area (Å²) in [6, 6.07) is 1.56. The van der Waals surface area contributed by atoms with Gasteiger partial charge >= 0.3 is 5.97 Å². The molecule has 0 spiro atoms. The van der Waals surface area contributed by atoms with E-state index >= 15 is 0 Å². The fraction of sp³-hybridized carbons (Fsp3) is 0.538. The highest BCUT2D eigenvalue weighted by molar-refractivity contribution is 5.88. The van der Waals surface area contributed by atoms with E-state index in [1.54, 1.807) is 12.3 Å². The van der Waals surface area contributed by atoms with Crippen molar-refractivity contribution in [3.8, 4) is 5.75 Å². The molecule has 17 heavy (non-hydrogen) atoms. The van der Waals surface area contributed by atoms with Crippen molar-refractivity contribution in [2.24, 2.45) is 0 Å². The third kappa shape index (κ3) is 2.75.